The lowest BCUT2D eigenvalue weighted by Crippen LogP contribution is -2.05. The van der Waals surface area contributed by atoms with Gasteiger partial charge in [0.25, 0.3) is 0 Å². The van der Waals surface area contributed by atoms with E-state index in [1.165, 1.54) is 44.7 Å². The van der Waals surface area contributed by atoms with Crippen molar-refractivity contribution in [3.63, 3.8) is 0 Å². The summed E-state index contributed by atoms with van der Waals surface area (Å²) in [6.45, 7) is 15.1. The van der Waals surface area contributed by atoms with Gasteiger partial charge < -0.3 is 0 Å². The molecule has 1 aromatic carbocycles. The van der Waals surface area contributed by atoms with E-state index in [9.17, 15) is 0 Å². The van der Waals surface area contributed by atoms with E-state index in [1.54, 1.807) is 0 Å². The molecule has 0 unspecified atom stereocenters. The first kappa shape index (κ1) is 16.7. The Morgan fingerprint density at radius 3 is 2.12 bits per heavy atom. The van der Waals surface area contributed by atoms with Crippen LogP contribution in [0.5, 0.6) is 0 Å². The van der Waals surface area contributed by atoms with Gasteiger partial charge in [-0.3, -0.25) is 4.57 Å². The molecule has 3 aromatic rings. The van der Waals surface area contributed by atoms with Crippen LogP contribution in [0.2, 0.25) is 0 Å². The molecule has 0 N–H and O–H groups in total. The summed E-state index contributed by atoms with van der Waals surface area (Å²) in [6.07, 6.45) is 2.09. The molecule has 0 saturated heterocycles. The van der Waals surface area contributed by atoms with Crippen LogP contribution in [0.4, 0.5) is 0 Å². The second-order valence-corrected chi connectivity index (χ2v) is 6.96. The molecular formula is C21H27N3. The van der Waals surface area contributed by atoms with Crippen LogP contribution in [0.3, 0.4) is 0 Å². The average Bonchev–Trinajstić information content (AvgIpc) is 2.71. The van der Waals surface area contributed by atoms with Gasteiger partial charge in [-0.15, -0.1) is 0 Å². The van der Waals surface area contributed by atoms with Crippen LogP contribution in [-0.4, -0.2) is 14.5 Å². The summed E-state index contributed by atoms with van der Waals surface area (Å²) < 4.78 is 2.34. The predicted molar refractivity (Wildman–Crippen MR) is 101 cm³/mol. The van der Waals surface area contributed by atoms with E-state index in [-0.39, 0.29) is 0 Å². The molecule has 0 aliphatic heterocycles. The minimum absolute atomic E-state index is 0.854. The topological polar surface area (TPSA) is 30.7 Å². The van der Waals surface area contributed by atoms with Crippen molar-refractivity contribution >= 4 is 11.0 Å². The van der Waals surface area contributed by atoms with Crippen molar-refractivity contribution in [2.45, 2.75) is 61.3 Å². The number of hydrogen-bond donors (Lipinski definition) is 0. The van der Waals surface area contributed by atoms with Gasteiger partial charge in [0.2, 0.25) is 0 Å². The maximum absolute atomic E-state index is 4.83. The number of fused-ring (bicyclic) bond motifs is 1. The molecule has 0 amide bonds. The fourth-order valence-electron chi connectivity index (χ4n) is 3.88. The Morgan fingerprint density at radius 1 is 0.917 bits per heavy atom. The fourth-order valence-corrected chi connectivity index (χ4v) is 3.88. The fraction of sp³-hybridized carbons (Fsp3) is 0.429. The van der Waals surface area contributed by atoms with Crippen molar-refractivity contribution in [2.75, 3.05) is 0 Å². The van der Waals surface area contributed by atoms with Crippen molar-refractivity contribution in [3.8, 4) is 5.69 Å². The second-order valence-electron chi connectivity index (χ2n) is 6.96. The van der Waals surface area contributed by atoms with Crippen molar-refractivity contribution in [1.29, 1.82) is 0 Å². The average molecular weight is 321 g/mol. The Bertz CT molecular complexity index is 909. The molecule has 3 nitrogen and oxygen atoms in total. The summed E-state index contributed by atoms with van der Waals surface area (Å²) >= 11 is 0. The van der Waals surface area contributed by atoms with Crippen LogP contribution in [0.15, 0.2) is 12.1 Å². The molecule has 0 fully saturated rings. The summed E-state index contributed by atoms with van der Waals surface area (Å²) in [5.41, 5.74) is 9.94. The van der Waals surface area contributed by atoms with Gasteiger partial charge in [-0.05, 0) is 64.7 Å². The first-order valence-electron chi connectivity index (χ1n) is 8.78. The highest BCUT2D eigenvalue weighted by atomic mass is 15.1. The Kier molecular flexibility index (Phi) is 4.20. The Labute approximate surface area is 144 Å². The van der Waals surface area contributed by atoms with Crippen molar-refractivity contribution in [2.24, 2.45) is 0 Å². The standard InChI is InChI=1S/C21H27N3/c1-8-9-18-19-15(5)16(6)24(21(19)23-17(7)22-18)20-13(3)10-12(2)11-14(20)4/h10-11H,8-9H2,1-7H3. The summed E-state index contributed by atoms with van der Waals surface area (Å²) in [5, 5.41) is 1.24. The van der Waals surface area contributed by atoms with Gasteiger partial charge in [0.15, 0.2) is 0 Å². The minimum atomic E-state index is 0.854. The number of rotatable bonds is 3. The zero-order chi connectivity index (χ0) is 17.6. The molecule has 0 aliphatic rings. The van der Waals surface area contributed by atoms with E-state index in [2.05, 4.69) is 58.2 Å². The molecule has 0 bridgehead atoms. The molecule has 3 heteroatoms. The van der Waals surface area contributed by atoms with Crippen LogP contribution in [0.25, 0.3) is 16.7 Å². The van der Waals surface area contributed by atoms with Crippen LogP contribution in [0.1, 0.15) is 52.8 Å². The molecule has 2 aromatic heterocycles. The highest BCUT2D eigenvalue weighted by Gasteiger charge is 2.20. The molecule has 24 heavy (non-hydrogen) atoms. The minimum Gasteiger partial charge on any atom is -0.298 e. The first-order valence-corrected chi connectivity index (χ1v) is 8.78. The number of nitrogens with zero attached hydrogens (tertiary/aromatic N) is 3. The summed E-state index contributed by atoms with van der Waals surface area (Å²) in [7, 11) is 0. The monoisotopic (exact) mass is 321 g/mol. The zero-order valence-electron chi connectivity index (χ0n) is 15.9. The first-order chi connectivity index (χ1) is 11.3. The number of benzene rings is 1. The lowest BCUT2D eigenvalue weighted by atomic mass is 10.0. The summed E-state index contributed by atoms with van der Waals surface area (Å²) in [4.78, 5) is 9.57. The highest BCUT2D eigenvalue weighted by Crippen LogP contribution is 2.32. The maximum atomic E-state index is 4.83. The molecule has 0 aliphatic carbocycles. The molecule has 0 radical (unpaired) electrons. The summed E-state index contributed by atoms with van der Waals surface area (Å²) in [5.74, 6) is 0.854. The van der Waals surface area contributed by atoms with E-state index >= 15 is 0 Å². The molecular weight excluding hydrogens is 294 g/mol. The third-order valence-corrected chi connectivity index (χ3v) is 4.89. The second kappa shape index (κ2) is 6.04. The SMILES string of the molecule is CCCc1nc(C)nc2c1c(C)c(C)n2-c1c(C)cc(C)cc1C. The molecule has 2 heterocycles. The smallest absolute Gasteiger partial charge is 0.148 e. The maximum Gasteiger partial charge on any atom is 0.148 e. The van der Waals surface area contributed by atoms with Gasteiger partial charge in [0, 0.05) is 11.1 Å². The third kappa shape index (κ3) is 2.52. The molecule has 0 saturated carbocycles. The van der Waals surface area contributed by atoms with Crippen LogP contribution in [-0.2, 0) is 6.42 Å². The molecule has 0 spiro atoms. The van der Waals surface area contributed by atoms with Gasteiger partial charge in [-0.1, -0.05) is 31.0 Å². The third-order valence-electron chi connectivity index (χ3n) is 4.89. The van der Waals surface area contributed by atoms with Gasteiger partial charge in [-0.2, -0.15) is 0 Å². The van der Waals surface area contributed by atoms with Crippen molar-refractivity contribution in [1.82, 2.24) is 14.5 Å². The molecule has 0 atom stereocenters. The van der Waals surface area contributed by atoms with Crippen LogP contribution in [0, 0.1) is 41.5 Å². The highest BCUT2D eigenvalue weighted by molar-refractivity contribution is 5.86. The van der Waals surface area contributed by atoms with E-state index in [4.69, 9.17) is 9.97 Å². The number of aryl methyl sites for hydroxylation is 6. The summed E-state index contributed by atoms with van der Waals surface area (Å²) in [6, 6.07) is 4.51. The quantitative estimate of drug-likeness (QED) is 0.662. The van der Waals surface area contributed by atoms with Gasteiger partial charge in [0.05, 0.1) is 11.4 Å². The Morgan fingerprint density at radius 2 is 1.54 bits per heavy atom. The van der Waals surface area contributed by atoms with Crippen molar-refractivity contribution in [3.05, 3.63) is 51.6 Å². The van der Waals surface area contributed by atoms with E-state index in [0.717, 1.165) is 24.3 Å². The van der Waals surface area contributed by atoms with E-state index < -0.39 is 0 Å². The normalized spacial score (nSPS) is 11.5. The van der Waals surface area contributed by atoms with Gasteiger partial charge in [0.1, 0.15) is 11.5 Å². The van der Waals surface area contributed by atoms with E-state index in [0.29, 0.717) is 0 Å². The molecule has 3 rings (SSSR count). The van der Waals surface area contributed by atoms with Crippen LogP contribution < -0.4 is 0 Å². The van der Waals surface area contributed by atoms with Gasteiger partial charge in [-0.25, -0.2) is 9.97 Å². The lowest BCUT2D eigenvalue weighted by Gasteiger charge is -2.16. The van der Waals surface area contributed by atoms with E-state index in [1.807, 2.05) is 6.92 Å². The largest absolute Gasteiger partial charge is 0.298 e. The predicted octanol–water partition coefficient (Wildman–Crippen LogP) is 5.22. The molecule has 126 valence electrons. The Hall–Kier alpha value is -2.16. The Balaban J connectivity index is 2.44. The number of aromatic nitrogens is 3. The number of hydrogen-bond acceptors (Lipinski definition) is 2. The van der Waals surface area contributed by atoms with Crippen molar-refractivity contribution < 1.29 is 0 Å². The lowest BCUT2D eigenvalue weighted by molar-refractivity contribution is 0.869. The van der Waals surface area contributed by atoms with Gasteiger partial charge >= 0.3 is 0 Å². The zero-order valence-corrected chi connectivity index (χ0v) is 15.9. The van der Waals surface area contributed by atoms with Crippen LogP contribution >= 0.6 is 0 Å².